The highest BCUT2D eigenvalue weighted by Crippen LogP contribution is 2.26. The lowest BCUT2D eigenvalue weighted by Gasteiger charge is -2.14. The second-order valence-corrected chi connectivity index (χ2v) is 6.24. The molecule has 0 saturated heterocycles. The summed E-state index contributed by atoms with van der Waals surface area (Å²) in [6.45, 7) is 4.12. The van der Waals surface area contributed by atoms with Gasteiger partial charge in [-0.2, -0.15) is 0 Å². The first-order chi connectivity index (χ1) is 11.5. The zero-order valence-corrected chi connectivity index (χ0v) is 14.4. The van der Waals surface area contributed by atoms with E-state index >= 15 is 0 Å². The lowest BCUT2D eigenvalue weighted by molar-refractivity contribution is -0.127. The molecule has 0 saturated carbocycles. The molecule has 0 atom stereocenters. The molecule has 0 aromatic carbocycles. The minimum Gasteiger partial charge on any atom is -0.469 e. The van der Waals surface area contributed by atoms with Gasteiger partial charge in [0.25, 0.3) is 11.1 Å². The van der Waals surface area contributed by atoms with Gasteiger partial charge in [0.05, 0.1) is 24.1 Å². The first-order valence-electron chi connectivity index (χ1n) is 7.33. The normalized spacial score (nSPS) is 11.0. The molecule has 0 radical (unpaired) electrons. The topological polar surface area (TPSA) is 85.5 Å². The third-order valence-electron chi connectivity index (χ3n) is 3.43. The van der Waals surface area contributed by atoms with Crippen molar-refractivity contribution >= 4 is 17.7 Å². The Hall–Kier alpha value is -2.48. The molecule has 24 heavy (non-hydrogen) atoms. The van der Waals surface area contributed by atoms with Crippen molar-refractivity contribution in [2.45, 2.75) is 25.6 Å². The molecule has 3 heterocycles. The van der Waals surface area contributed by atoms with Gasteiger partial charge in [-0.05, 0) is 32.0 Å². The molecule has 7 nitrogen and oxygen atoms in total. The summed E-state index contributed by atoms with van der Waals surface area (Å²) in [6.07, 6.45) is 1.57. The second kappa shape index (κ2) is 6.96. The highest BCUT2D eigenvalue weighted by Gasteiger charge is 2.16. The molecule has 3 rings (SSSR count). The molecule has 0 unspecified atom stereocenters. The number of nitrogens with zero attached hydrogens (tertiary/aromatic N) is 3. The first kappa shape index (κ1) is 16.4. The maximum Gasteiger partial charge on any atom is 0.277 e. The molecule has 0 spiro atoms. The van der Waals surface area contributed by atoms with Crippen LogP contribution in [0.1, 0.15) is 17.3 Å². The zero-order chi connectivity index (χ0) is 17.1. The number of aryl methyl sites for hydroxylation is 2. The Bertz CT molecular complexity index is 836. The van der Waals surface area contributed by atoms with Gasteiger partial charge in [0.15, 0.2) is 0 Å². The fourth-order valence-electron chi connectivity index (χ4n) is 2.11. The number of hydrogen-bond donors (Lipinski definition) is 0. The van der Waals surface area contributed by atoms with Gasteiger partial charge in [-0.1, -0.05) is 11.8 Å². The van der Waals surface area contributed by atoms with Gasteiger partial charge < -0.3 is 18.2 Å². The van der Waals surface area contributed by atoms with Crippen LogP contribution in [0.15, 0.2) is 42.9 Å². The van der Waals surface area contributed by atoms with Crippen LogP contribution < -0.4 is 0 Å². The predicted octanol–water partition coefficient (Wildman–Crippen LogP) is 3.29. The second-order valence-electron chi connectivity index (χ2n) is 5.31. The minimum atomic E-state index is -0.0479. The Morgan fingerprint density at radius 1 is 1.21 bits per heavy atom. The van der Waals surface area contributed by atoms with Crippen LogP contribution in [0.2, 0.25) is 0 Å². The Morgan fingerprint density at radius 2 is 2.04 bits per heavy atom. The summed E-state index contributed by atoms with van der Waals surface area (Å²) in [5.41, 5.74) is 0.756. The van der Waals surface area contributed by atoms with Crippen LogP contribution in [-0.2, 0) is 11.3 Å². The summed E-state index contributed by atoms with van der Waals surface area (Å²) in [4.78, 5) is 13.8. The van der Waals surface area contributed by atoms with E-state index in [9.17, 15) is 4.79 Å². The molecule has 3 aromatic rings. The molecule has 0 bridgehead atoms. The van der Waals surface area contributed by atoms with Crippen molar-refractivity contribution in [2.24, 2.45) is 0 Å². The van der Waals surface area contributed by atoms with E-state index < -0.39 is 0 Å². The van der Waals surface area contributed by atoms with Crippen molar-refractivity contribution in [3.8, 4) is 11.5 Å². The zero-order valence-electron chi connectivity index (χ0n) is 13.6. The molecular weight excluding hydrogens is 330 g/mol. The number of rotatable bonds is 6. The van der Waals surface area contributed by atoms with Gasteiger partial charge in [-0.15, -0.1) is 10.2 Å². The van der Waals surface area contributed by atoms with Gasteiger partial charge in [-0.3, -0.25) is 4.79 Å². The number of aromatic nitrogens is 2. The number of amides is 1. The Balaban J connectivity index is 1.54. The average Bonchev–Trinajstić information content (AvgIpc) is 3.26. The molecule has 126 valence electrons. The van der Waals surface area contributed by atoms with Gasteiger partial charge in [0.1, 0.15) is 17.3 Å². The lowest BCUT2D eigenvalue weighted by atomic mass is 10.3. The van der Waals surface area contributed by atoms with Crippen LogP contribution in [0, 0.1) is 13.8 Å². The summed E-state index contributed by atoms with van der Waals surface area (Å²) in [6, 6.07) is 5.51. The fraction of sp³-hybridized carbons (Fsp3) is 0.312. The number of thioether (sulfide) groups is 1. The van der Waals surface area contributed by atoms with Crippen molar-refractivity contribution in [2.75, 3.05) is 12.8 Å². The third kappa shape index (κ3) is 3.70. The lowest BCUT2D eigenvalue weighted by Crippen LogP contribution is -2.27. The fourth-order valence-corrected chi connectivity index (χ4v) is 2.81. The van der Waals surface area contributed by atoms with E-state index in [4.69, 9.17) is 13.3 Å². The summed E-state index contributed by atoms with van der Waals surface area (Å²) < 4.78 is 16.2. The standard InChI is InChI=1S/C16H17N3O4S/c1-10-4-5-12(22-10)8-19(3)14(20)9-24-16-18-17-15(23-16)13-6-7-21-11(13)2/h4-7H,8-9H2,1-3H3. The minimum absolute atomic E-state index is 0.0479. The number of hydrogen-bond acceptors (Lipinski definition) is 7. The van der Waals surface area contributed by atoms with E-state index in [0.717, 1.165) is 17.1 Å². The molecule has 0 N–H and O–H groups in total. The summed E-state index contributed by atoms with van der Waals surface area (Å²) in [7, 11) is 1.73. The van der Waals surface area contributed by atoms with Crippen LogP contribution in [0.4, 0.5) is 0 Å². The number of carbonyl (C=O) groups excluding carboxylic acids is 1. The molecule has 8 heteroatoms. The quantitative estimate of drug-likeness (QED) is 0.632. The van der Waals surface area contributed by atoms with E-state index in [0.29, 0.717) is 23.4 Å². The number of carbonyl (C=O) groups is 1. The van der Waals surface area contributed by atoms with Crippen molar-refractivity contribution in [1.82, 2.24) is 15.1 Å². The first-order valence-corrected chi connectivity index (χ1v) is 8.31. The summed E-state index contributed by atoms with van der Waals surface area (Å²) >= 11 is 1.20. The van der Waals surface area contributed by atoms with Crippen molar-refractivity contribution < 1.29 is 18.0 Å². The maximum atomic E-state index is 12.2. The van der Waals surface area contributed by atoms with Crippen LogP contribution in [0.25, 0.3) is 11.5 Å². The van der Waals surface area contributed by atoms with Crippen molar-refractivity contribution in [3.63, 3.8) is 0 Å². The van der Waals surface area contributed by atoms with Gasteiger partial charge in [0.2, 0.25) is 5.91 Å². The van der Waals surface area contributed by atoms with Crippen LogP contribution in [-0.4, -0.2) is 33.8 Å². The van der Waals surface area contributed by atoms with E-state index in [1.165, 1.54) is 11.8 Å². The highest BCUT2D eigenvalue weighted by atomic mass is 32.2. The predicted molar refractivity (Wildman–Crippen MR) is 87.4 cm³/mol. The van der Waals surface area contributed by atoms with Crippen LogP contribution >= 0.6 is 11.8 Å². The van der Waals surface area contributed by atoms with E-state index in [1.807, 2.05) is 26.0 Å². The van der Waals surface area contributed by atoms with E-state index in [2.05, 4.69) is 10.2 Å². The molecule has 0 aliphatic rings. The maximum absolute atomic E-state index is 12.2. The van der Waals surface area contributed by atoms with E-state index in [1.54, 1.807) is 24.3 Å². The number of furan rings is 2. The van der Waals surface area contributed by atoms with Crippen molar-refractivity contribution in [3.05, 3.63) is 41.7 Å². The summed E-state index contributed by atoms with van der Waals surface area (Å²) in [5, 5.41) is 8.27. The van der Waals surface area contributed by atoms with E-state index in [-0.39, 0.29) is 11.7 Å². The molecule has 1 amide bonds. The Kier molecular flexibility index (Phi) is 4.75. The molecule has 0 fully saturated rings. The van der Waals surface area contributed by atoms with Crippen LogP contribution in [0.5, 0.6) is 0 Å². The highest BCUT2D eigenvalue weighted by molar-refractivity contribution is 7.99. The molecular formula is C16H17N3O4S. The smallest absolute Gasteiger partial charge is 0.277 e. The Labute approximate surface area is 143 Å². The largest absolute Gasteiger partial charge is 0.469 e. The van der Waals surface area contributed by atoms with Crippen LogP contribution in [0.3, 0.4) is 0 Å². The van der Waals surface area contributed by atoms with Gasteiger partial charge in [0, 0.05) is 7.05 Å². The summed E-state index contributed by atoms with van der Waals surface area (Å²) in [5.74, 6) is 2.84. The molecule has 0 aliphatic carbocycles. The third-order valence-corrected chi connectivity index (χ3v) is 4.23. The van der Waals surface area contributed by atoms with Crippen molar-refractivity contribution in [1.29, 1.82) is 0 Å². The Morgan fingerprint density at radius 3 is 2.71 bits per heavy atom. The monoisotopic (exact) mass is 347 g/mol. The molecule has 3 aromatic heterocycles. The SMILES string of the molecule is Cc1ccc(CN(C)C(=O)CSc2nnc(-c3ccoc3C)o2)o1. The average molecular weight is 347 g/mol. The molecule has 0 aliphatic heterocycles. The van der Waals surface area contributed by atoms with Gasteiger partial charge in [-0.25, -0.2) is 0 Å². The van der Waals surface area contributed by atoms with Gasteiger partial charge >= 0.3 is 0 Å².